The van der Waals surface area contributed by atoms with E-state index < -0.39 is 0 Å². The van der Waals surface area contributed by atoms with Crippen LogP contribution in [0.15, 0.2) is 24.5 Å². The molecular weight excluding hydrogens is 413 g/mol. The molecule has 1 aliphatic rings. The molecule has 0 saturated heterocycles. The summed E-state index contributed by atoms with van der Waals surface area (Å²) >= 11 is 12.4. The molecule has 29 heavy (non-hydrogen) atoms. The van der Waals surface area contributed by atoms with Crippen molar-refractivity contribution in [2.75, 3.05) is 20.8 Å². The van der Waals surface area contributed by atoms with Crippen LogP contribution in [0.2, 0.25) is 10.0 Å². The Kier molecular flexibility index (Phi) is 7.62. The lowest BCUT2D eigenvalue weighted by Gasteiger charge is -2.23. The van der Waals surface area contributed by atoms with Gasteiger partial charge in [-0.05, 0) is 30.9 Å². The summed E-state index contributed by atoms with van der Waals surface area (Å²) in [5.41, 5.74) is 0.962. The van der Waals surface area contributed by atoms with E-state index in [0.29, 0.717) is 50.9 Å². The summed E-state index contributed by atoms with van der Waals surface area (Å²) in [7, 11) is 3.09. The lowest BCUT2D eigenvalue weighted by atomic mass is 9.90. The topological polar surface area (TPSA) is 57.7 Å². The number of carbonyl (C=O) groups excluding carboxylic acids is 1. The number of aromatic nitrogens is 1. The highest BCUT2D eigenvalue weighted by atomic mass is 35.5. The third-order valence-electron chi connectivity index (χ3n) is 5.28. The summed E-state index contributed by atoms with van der Waals surface area (Å²) in [6.45, 7) is 0.542. The number of rotatable bonds is 8. The van der Waals surface area contributed by atoms with Crippen molar-refractivity contribution in [3.63, 3.8) is 0 Å². The Morgan fingerprint density at radius 1 is 1.03 bits per heavy atom. The molecule has 1 aliphatic carbocycles. The number of carbonyl (C=O) groups is 1. The van der Waals surface area contributed by atoms with E-state index in [4.69, 9.17) is 37.4 Å². The Morgan fingerprint density at radius 2 is 1.72 bits per heavy atom. The Hall–Kier alpha value is -1.98. The van der Waals surface area contributed by atoms with Gasteiger partial charge in [0.25, 0.3) is 0 Å². The van der Waals surface area contributed by atoms with Crippen LogP contribution in [0.4, 0.5) is 0 Å². The van der Waals surface area contributed by atoms with E-state index in [9.17, 15) is 4.79 Å². The predicted molar refractivity (Wildman–Crippen MR) is 114 cm³/mol. The van der Waals surface area contributed by atoms with Crippen LogP contribution in [0.5, 0.6) is 17.2 Å². The van der Waals surface area contributed by atoms with Crippen LogP contribution in [-0.4, -0.2) is 31.6 Å². The standard InChI is InChI=1S/C22H25Cl2NO4/c1-27-20-9-8-15(19(26)10-16-17(23)11-25-12-18(16)24)21(22(20)28-2)29-13-14-6-4-3-5-7-14/h8-9,11-12,14H,3-7,10,13H2,1-2H3. The number of hydrogen-bond acceptors (Lipinski definition) is 5. The maximum absolute atomic E-state index is 13.1. The Labute approximate surface area is 181 Å². The molecule has 0 unspecified atom stereocenters. The molecule has 1 aromatic carbocycles. The van der Waals surface area contributed by atoms with Gasteiger partial charge in [-0.15, -0.1) is 0 Å². The molecule has 156 valence electrons. The van der Waals surface area contributed by atoms with Crippen LogP contribution in [0, 0.1) is 5.92 Å². The number of benzene rings is 1. The number of hydrogen-bond donors (Lipinski definition) is 0. The Balaban J connectivity index is 1.90. The third-order valence-corrected chi connectivity index (χ3v) is 5.93. The normalized spacial score (nSPS) is 14.5. The van der Waals surface area contributed by atoms with Gasteiger partial charge in [-0.1, -0.05) is 42.5 Å². The number of halogens is 2. The molecule has 0 amide bonds. The molecule has 1 heterocycles. The molecule has 0 radical (unpaired) electrons. The first-order valence-corrected chi connectivity index (χ1v) is 10.5. The van der Waals surface area contributed by atoms with Crippen LogP contribution in [0.3, 0.4) is 0 Å². The quantitative estimate of drug-likeness (QED) is 0.489. The lowest BCUT2D eigenvalue weighted by molar-refractivity contribution is 0.0986. The minimum Gasteiger partial charge on any atom is -0.493 e. The molecule has 0 N–H and O–H groups in total. The molecule has 1 fully saturated rings. The molecule has 7 heteroatoms. The highest BCUT2D eigenvalue weighted by Crippen LogP contribution is 2.41. The number of ketones is 1. The Morgan fingerprint density at radius 3 is 2.34 bits per heavy atom. The van der Waals surface area contributed by atoms with Crippen molar-refractivity contribution >= 4 is 29.0 Å². The highest BCUT2D eigenvalue weighted by molar-refractivity contribution is 6.36. The lowest BCUT2D eigenvalue weighted by Crippen LogP contribution is -2.17. The average molecular weight is 438 g/mol. The zero-order valence-corrected chi connectivity index (χ0v) is 18.2. The molecule has 0 spiro atoms. The monoisotopic (exact) mass is 437 g/mol. The molecule has 1 aromatic heterocycles. The van der Waals surface area contributed by atoms with Crippen LogP contribution >= 0.6 is 23.2 Å². The molecule has 2 aromatic rings. The third kappa shape index (κ3) is 5.14. The van der Waals surface area contributed by atoms with Crippen molar-refractivity contribution in [3.05, 3.63) is 45.7 Å². The summed E-state index contributed by atoms with van der Waals surface area (Å²) in [4.78, 5) is 17.1. The van der Waals surface area contributed by atoms with Crippen molar-refractivity contribution in [2.45, 2.75) is 38.5 Å². The summed E-state index contributed by atoms with van der Waals surface area (Å²) < 4.78 is 17.1. The van der Waals surface area contributed by atoms with Crippen LogP contribution < -0.4 is 14.2 Å². The predicted octanol–water partition coefficient (Wildman–Crippen LogP) is 5.79. The first-order valence-electron chi connectivity index (χ1n) is 9.74. The first-order chi connectivity index (χ1) is 14.0. The van der Waals surface area contributed by atoms with Crippen molar-refractivity contribution in [2.24, 2.45) is 5.92 Å². The minimum absolute atomic E-state index is 0.0372. The molecule has 3 rings (SSSR count). The molecule has 1 saturated carbocycles. The van der Waals surface area contributed by atoms with Gasteiger partial charge < -0.3 is 14.2 Å². The van der Waals surface area contributed by atoms with E-state index in [1.165, 1.54) is 38.8 Å². The molecule has 0 bridgehead atoms. The van der Waals surface area contributed by atoms with Crippen molar-refractivity contribution in [3.8, 4) is 17.2 Å². The second-order valence-corrected chi connectivity index (χ2v) is 7.99. The van der Waals surface area contributed by atoms with Gasteiger partial charge >= 0.3 is 0 Å². The van der Waals surface area contributed by atoms with Crippen LogP contribution in [0.1, 0.15) is 48.0 Å². The molecule has 0 atom stereocenters. The van der Waals surface area contributed by atoms with E-state index in [2.05, 4.69) is 4.98 Å². The van der Waals surface area contributed by atoms with E-state index in [-0.39, 0.29) is 12.2 Å². The van der Waals surface area contributed by atoms with Gasteiger partial charge in [-0.25, -0.2) is 0 Å². The summed E-state index contributed by atoms with van der Waals surface area (Å²) in [6.07, 6.45) is 8.97. The number of Topliss-reactive ketones (excluding diaryl/α,β-unsaturated/α-hetero) is 1. The van der Waals surface area contributed by atoms with E-state index in [0.717, 1.165) is 12.8 Å². The SMILES string of the molecule is COc1ccc(C(=O)Cc2c(Cl)cncc2Cl)c(OCC2CCCCC2)c1OC. The smallest absolute Gasteiger partial charge is 0.204 e. The maximum atomic E-state index is 13.1. The van der Waals surface area contributed by atoms with Crippen molar-refractivity contribution < 1.29 is 19.0 Å². The van der Waals surface area contributed by atoms with E-state index >= 15 is 0 Å². The van der Waals surface area contributed by atoms with Gasteiger partial charge in [-0.3, -0.25) is 9.78 Å². The fraction of sp³-hybridized carbons (Fsp3) is 0.455. The van der Waals surface area contributed by atoms with Gasteiger partial charge in [0, 0.05) is 24.4 Å². The van der Waals surface area contributed by atoms with Gasteiger partial charge in [0.05, 0.1) is 36.4 Å². The summed E-state index contributed by atoms with van der Waals surface area (Å²) in [5, 5.41) is 0.715. The zero-order chi connectivity index (χ0) is 20.8. The second kappa shape index (κ2) is 10.2. The van der Waals surface area contributed by atoms with E-state index in [1.54, 1.807) is 19.2 Å². The number of nitrogens with zero attached hydrogens (tertiary/aromatic N) is 1. The number of pyridine rings is 1. The summed E-state index contributed by atoms with van der Waals surface area (Å²) in [5.74, 6) is 1.65. The Bertz CT molecular complexity index is 846. The minimum atomic E-state index is -0.167. The van der Waals surface area contributed by atoms with E-state index in [1.807, 2.05) is 0 Å². The molecule has 5 nitrogen and oxygen atoms in total. The molecular formula is C22H25Cl2NO4. The maximum Gasteiger partial charge on any atom is 0.204 e. The summed E-state index contributed by atoms with van der Waals surface area (Å²) in [6, 6.07) is 3.40. The average Bonchev–Trinajstić information content (AvgIpc) is 2.74. The largest absolute Gasteiger partial charge is 0.493 e. The van der Waals surface area contributed by atoms with Gasteiger partial charge in [0.2, 0.25) is 5.75 Å². The van der Waals surface area contributed by atoms with Gasteiger partial charge in [0.15, 0.2) is 17.3 Å². The van der Waals surface area contributed by atoms with Crippen molar-refractivity contribution in [1.82, 2.24) is 4.98 Å². The fourth-order valence-corrected chi connectivity index (χ4v) is 4.18. The number of ether oxygens (including phenoxy) is 3. The van der Waals surface area contributed by atoms with Gasteiger partial charge in [0.1, 0.15) is 0 Å². The van der Waals surface area contributed by atoms with Gasteiger partial charge in [-0.2, -0.15) is 0 Å². The van der Waals surface area contributed by atoms with Crippen molar-refractivity contribution in [1.29, 1.82) is 0 Å². The van der Waals surface area contributed by atoms with Crippen LogP contribution in [-0.2, 0) is 6.42 Å². The first kappa shape index (κ1) is 21.7. The van der Waals surface area contributed by atoms with Crippen LogP contribution in [0.25, 0.3) is 0 Å². The fourth-order valence-electron chi connectivity index (χ4n) is 3.68. The number of methoxy groups -OCH3 is 2. The highest BCUT2D eigenvalue weighted by Gasteiger charge is 2.24. The second-order valence-electron chi connectivity index (χ2n) is 7.17. The zero-order valence-electron chi connectivity index (χ0n) is 16.7. The molecule has 0 aliphatic heterocycles.